The standard InChI is InChI=1S/C35H39F3N4O4S/c1-21-17-29-28(32(43)39-21)19-42(47-29)33(44)26-18-27(23-7-9-25(10-8-23)41-13-5-4-6-14-41)31-30(22(26)2)45-34(3,46-31)24-11-15-40(16-12-24)20-35(36,37)38/h7-10,17-18,24H,4-6,11-16,19-20H2,1-3H3,(H,39,43). The molecule has 1 unspecified atom stereocenters. The van der Waals surface area contributed by atoms with Crippen molar-refractivity contribution < 1.29 is 27.4 Å². The molecule has 2 saturated heterocycles. The van der Waals surface area contributed by atoms with Crippen molar-refractivity contribution in [2.75, 3.05) is 37.6 Å². The Morgan fingerprint density at radius 2 is 1.68 bits per heavy atom. The van der Waals surface area contributed by atoms with E-state index in [-0.39, 0.29) is 23.9 Å². The number of H-pyrrole nitrogens is 1. The second-order valence-corrected chi connectivity index (χ2v) is 14.4. The number of fused-ring (bicyclic) bond motifs is 2. The minimum atomic E-state index is -4.24. The van der Waals surface area contributed by atoms with E-state index in [9.17, 15) is 22.8 Å². The van der Waals surface area contributed by atoms with Gasteiger partial charge in [-0.15, -0.1) is 0 Å². The molecule has 2 aromatic carbocycles. The van der Waals surface area contributed by atoms with Crippen LogP contribution in [-0.2, 0) is 6.54 Å². The maximum atomic E-state index is 14.2. The molecule has 1 atom stereocenters. The molecule has 2 fully saturated rings. The van der Waals surface area contributed by atoms with E-state index in [1.807, 2.05) is 45.0 Å². The van der Waals surface area contributed by atoms with E-state index in [1.54, 1.807) is 4.31 Å². The SMILES string of the molecule is Cc1cc2c(c(=O)[nH]1)CN(C(=O)c1cc(-c3ccc(N4CCCCC4)cc3)c3c(c1C)OC(C)(C1CCN(CC(F)(F)F)CC1)O3)S2. The average Bonchev–Trinajstić information content (AvgIpc) is 3.64. The summed E-state index contributed by atoms with van der Waals surface area (Å²) in [5.74, 6) is -0.486. The van der Waals surface area contributed by atoms with E-state index in [2.05, 4.69) is 22.0 Å². The number of nitrogens with one attached hydrogen (secondary N) is 1. The third-order valence-corrected chi connectivity index (χ3v) is 11.0. The van der Waals surface area contributed by atoms with Crippen LogP contribution >= 0.6 is 11.9 Å². The lowest BCUT2D eigenvalue weighted by Gasteiger charge is -2.39. The van der Waals surface area contributed by atoms with Gasteiger partial charge in [0.25, 0.3) is 17.3 Å². The summed E-state index contributed by atoms with van der Waals surface area (Å²) < 4.78 is 54.1. The largest absolute Gasteiger partial charge is 0.448 e. The van der Waals surface area contributed by atoms with Gasteiger partial charge < -0.3 is 19.4 Å². The number of hydrogen-bond acceptors (Lipinski definition) is 7. The lowest BCUT2D eigenvalue weighted by molar-refractivity contribution is -0.159. The molecule has 12 heteroatoms. The smallest absolute Gasteiger partial charge is 0.401 e. The molecule has 0 aliphatic carbocycles. The van der Waals surface area contributed by atoms with Gasteiger partial charge in [0.2, 0.25) is 0 Å². The molecule has 1 aromatic heterocycles. The molecule has 0 saturated carbocycles. The Balaban J connectivity index is 1.22. The number of carbonyl (C=O) groups excluding carboxylic acids is 1. The maximum absolute atomic E-state index is 14.2. The van der Waals surface area contributed by atoms with Crippen molar-refractivity contribution in [2.45, 2.75) is 76.3 Å². The highest BCUT2D eigenvalue weighted by molar-refractivity contribution is 7.97. The first kappa shape index (κ1) is 31.9. The van der Waals surface area contributed by atoms with Crippen LogP contribution in [0.2, 0.25) is 0 Å². The summed E-state index contributed by atoms with van der Waals surface area (Å²) in [7, 11) is 0. The molecule has 47 heavy (non-hydrogen) atoms. The lowest BCUT2D eigenvalue weighted by atomic mass is 9.89. The maximum Gasteiger partial charge on any atom is 0.401 e. The fourth-order valence-corrected chi connectivity index (χ4v) is 8.43. The number of anilines is 1. The highest BCUT2D eigenvalue weighted by atomic mass is 32.2. The van der Waals surface area contributed by atoms with E-state index < -0.39 is 18.5 Å². The van der Waals surface area contributed by atoms with Gasteiger partial charge in [-0.25, -0.2) is 0 Å². The van der Waals surface area contributed by atoms with Crippen molar-refractivity contribution in [3.63, 3.8) is 0 Å². The van der Waals surface area contributed by atoms with E-state index in [1.165, 1.54) is 36.1 Å². The van der Waals surface area contributed by atoms with Crippen molar-refractivity contribution >= 4 is 23.5 Å². The van der Waals surface area contributed by atoms with Crippen molar-refractivity contribution in [3.8, 4) is 22.6 Å². The number of benzene rings is 2. The zero-order chi connectivity index (χ0) is 33.1. The molecule has 5 heterocycles. The van der Waals surface area contributed by atoms with Crippen molar-refractivity contribution in [1.82, 2.24) is 14.2 Å². The number of carbonyl (C=O) groups is 1. The summed E-state index contributed by atoms with van der Waals surface area (Å²) in [4.78, 5) is 34.2. The summed E-state index contributed by atoms with van der Waals surface area (Å²) in [5.41, 5.74) is 4.89. The molecular formula is C35H39F3N4O4S. The first-order valence-electron chi connectivity index (χ1n) is 16.3. The number of hydrogen-bond donors (Lipinski definition) is 1. The number of amides is 1. The molecule has 1 N–H and O–H groups in total. The fraction of sp³-hybridized carbons (Fsp3) is 0.486. The molecule has 7 rings (SSSR count). The highest BCUT2D eigenvalue weighted by Gasteiger charge is 2.48. The monoisotopic (exact) mass is 668 g/mol. The zero-order valence-electron chi connectivity index (χ0n) is 26.8. The molecule has 3 aromatic rings. The molecular weight excluding hydrogens is 629 g/mol. The second kappa shape index (κ2) is 12.1. The third-order valence-electron chi connectivity index (χ3n) is 9.92. The van der Waals surface area contributed by atoms with Crippen LogP contribution in [-0.4, -0.2) is 64.8 Å². The Kier molecular flexibility index (Phi) is 8.23. The van der Waals surface area contributed by atoms with Crippen LogP contribution in [0.1, 0.15) is 66.2 Å². The summed E-state index contributed by atoms with van der Waals surface area (Å²) >= 11 is 1.26. The number of rotatable bonds is 5. The third kappa shape index (κ3) is 6.22. The first-order chi connectivity index (χ1) is 22.4. The summed E-state index contributed by atoms with van der Waals surface area (Å²) in [6, 6.07) is 12.0. The van der Waals surface area contributed by atoms with Gasteiger partial charge in [0, 0.05) is 58.9 Å². The predicted molar refractivity (Wildman–Crippen MR) is 175 cm³/mol. The Morgan fingerprint density at radius 1 is 1.00 bits per heavy atom. The minimum absolute atomic E-state index is 0.147. The molecule has 0 radical (unpaired) electrons. The van der Waals surface area contributed by atoms with Gasteiger partial charge >= 0.3 is 6.18 Å². The van der Waals surface area contributed by atoms with Gasteiger partial charge in [-0.2, -0.15) is 13.2 Å². The number of aromatic amines is 1. The van der Waals surface area contributed by atoms with Crippen molar-refractivity contribution in [2.24, 2.45) is 5.92 Å². The molecule has 4 aliphatic heterocycles. The zero-order valence-corrected chi connectivity index (χ0v) is 27.7. The van der Waals surface area contributed by atoms with Gasteiger partial charge in [-0.3, -0.25) is 18.8 Å². The van der Waals surface area contributed by atoms with Crippen LogP contribution in [0.15, 0.2) is 46.1 Å². The van der Waals surface area contributed by atoms with Crippen LogP contribution in [0.25, 0.3) is 11.1 Å². The molecule has 4 aliphatic rings. The van der Waals surface area contributed by atoms with Crippen LogP contribution < -0.4 is 19.9 Å². The summed E-state index contributed by atoms with van der Waals surface area (Å²) in [5, 5.41) is 0. The van der Waals surface area contributed by atoms with Gasteiger partial charge in [0.15, 0.2) is 11.5 Å². The fourth-order valence-electron chi connectivity index (χ4n) is 7.32. The van der Waals surface area contributed by atoms with Crippen LogP contribution in [0.3, 0.4) is 0 Å². The summed E-state index contributed by atoms with van der Waals surface area (Å²) in [6.45, 7) is 7.38. The number of likely N-dealkylation sites (tertiary alicyclic amines) is 1. The Bertz CT molecular complexity index is 1750. The summed E-state index contributed by atoms with van der Waals surface area (Å²) in [6.07, 6.45) is 0.312. The number of alkyl halides is 3. The Labute approximate surface area is 276 Å². The molecule has 1 amide bonds. The highest BCUT2D eigenvalue weighted by Crippen LogP contribution is 2.53. The quantitative estimate of drug-likeness (QED) is 0.292. The number of ether oxygens (including phenoxy) is 2. The number of aromatic nitrogens is 1. The van der Waals surface area contributed by atoms with Crippen molar-refractivity contribution in [1.29, 1.82) is 0 Å². The Morgan fingerprint density at radius 3 is 2.36 bits per heavy atom. The van der Waals surface area contributed by atoms with Crippen molar-refractivity contribution in [3.05, 3.63) is 69.1 Å². The molecule has 0 spiro atoms. The predicted octanol–water partition coefficient (Wildman–Crippen LogP) is 7.07. The topological polar surface area (TPSA) is 78.1 Å². The van der Waals surface area contributed by atoms with Gasteiger partial charge in [-0.1, -0.05) is 12.1 Å². The van der Waals surface area contributed by atoms with Gasteiger partial charge in [0.05, 0.1) is 18.7 Å². The second-order valence-electron chi connectivity index (χ2n) is 13.3. The number of halogens is 3. The number of aryl methyl sites for hydroxylation is 1. The Hall–Kier alpha value is -3.64. The van der Waals surface area contributed by atoms with E-state index in [0.717, 1.165) is 34.9 Å². The number of pyridine rings is 1. The lowest BCUT2D eigenvalue weighted by Crippen LogP contribution is -2.49. The van der Waals surface area contributed by atoms with E-state index in [4.69, 9.17) is 9.47 Å². The molecule has 8 nitrogen and oxygen atoms in total. The van der Waals surface area contributed by atoms with Crippen LogP contribution in [0, 0.1) is 19.8 Å². The molecule has 250 valence electrons. The van der Waals surface area contributed by atoms with Gasteiger partial charge in [0.1, 0.15) is 0 Å². The first-order valence-corrected chi connectivity index (χ1v) is 17.1. The van der Waals surface area contributed by atoms with E-state index >= 15 is 0 Å². The molecule has 0 bridgehead atoms. The number of nitrogens with zero attached hydrogens (tertiary/aromatic N) is 3. The number of piperidine rings is 2. The van der Waals surface area contributed by atoms with E-state index in [0.29, 0.717) is 59.7 Å². The average molecular weight is 669 g/mol. The van der Waals surface area contributed by atoms with Gasteiger partial charge in [-0.05, 0) is 101 Å². The normalized spacial score (nSPS) is 21.7. The van der Waals surface area contributed by atoms with Crippen LogP contribution in [0.4, 0.5) is 18.9 Å². The van der Waals surface area contributed by atoms with Crippen LogP contribution in [0.5, 0.6) is 11.5 Å². The minimum Gasteiger partial charge on any atom is -0.448 e.